The van der Waals surface area contributed by atoms with Crippen molar-refractivity contribution in [3.8, 4) is 23.3 Å². The minimum Gasteiger partial charge on any atom is -0.497 e. The van der Waals surface area contributed by atoms with Crippen LogP contribution in [0.15, 0.2) is 77.2 Å². The van der Waals surface area contributed by atoms with Crippen molar-refractivity contribution in [1.82, 2.24) is 0 Å². The molecule has 0 spiro atoms. The second-order valence-electron chi connectivity index (χ2n) is 7.51. The number of nitriles is 1. The number of carbonyl (C=O) groups excluding carboxylic acids is 2. The van der Waals surface area contributed by atoms with Gasteiger partial charge < -0.3 is 23.7 Å². The lowest BCUT2D eigenvalue weighted by Crippen LogP contribution is -2.16. The zero-order chi connectivity index (χ0) is 27.7. The van der Waals surface area contributed by atoms with Gasteiger partial charge >= 0.3 is 16.1 Å². The van der Waals surface area contributed by atoms with Crippen LogP contribution in [-0.2, 0) is 19.6 Å². The van der Waals surface area contributed by atoms with Crippen molar-refractivity contribution >= 4 is 33.8 Å². The van der Waals surface area contributed by atoms with Gasteiger partial charge in [0.2, 0.25) is 0 Å². The lowest BCUT2D eigenvalue weighted by atomic mass is 10.1. The minimum atomic E-state index is -4.19. The Labute approximate surface area is 220 Å². The van der Waals surface area contributed by atoms with E-state index in [1.54, 1.807) is 19.1 Å². The molecule has 0 aliphatic carbocycles. The maximum Gasteiger partial charge on any atom is 0.339 e. The largest absolute Gasteiger partial charge is 0.497 e. The molecule has 1 N–H and O–H groups in total. The molecule has 0 atom stereocenters. The number of nitrogens with zero attached hydrogens (tertiary/aromatic N) is 1. The molecule has 3 aromatic carbocycles. The van der Waals surface area contributed by atoms with Crippen LogP contribution in [0.25, 0.3) is 6.08 Å². The predicted molar refractivity (Wildman–Crippen MR) is 138 cm³/mol. The first-order valence-electron chi connectivity index (χ1n) is 11.2. The number of methoxy groups -OCH3 is 2. The number of rotatable bonds is 10. The number of para-hydroxylation sites is 1. The number of nitrogens with one attached hydrogen (secondary N) is 1. The van der Waals surface area contributed by atoms with Gasteiger partial charge in [0, 0.05) is 0 Å². The maximum absolute atomic E-state index is 12.8. The molecule has 0 bridgehead atoms. The minimum absolute atomic E-state index is 0.0743. The van der Waals surface area contributed by atoms with Crippen LogP contribution in [-0.4, -0.2) is 41.1 Å². The Balaban J connectivity index is 1.88. The van der Waals surface area contributed by atoms with Crippen molar-refractivity contribution in [3.05, 3.63) is 83.4 Å². The number of carbonyl (C=O) groups is 2. The maximum atomic E-state index is 12.8. The summed E-state index contributed by atoms with van der Waals surface area (Å²) in [5, 5.41) is 12.1. The van der Waals surface area contributed by atoms with Crippen molar-refractivity contribution in [2.45, 2.75) is 11.8 Å². The van der Waals surface area contributed by atoms with Crippen LogP contribution in [0, 0.1) is 11.3 Å². The summed E-state index contributed by atoms with van der Waals surface area (Å²) in [4.78, 5) is 24.7. The van der Waals surface area contributed by atoms with Crippen molar-refractivity contribution in [3.63, 3.8) is 0 Å². The number of hydrogen-bond donors (Lipinski definition) is 1. The highest BCUT2D eigenvalue weighted by molar-refractivity contribution is 7.87. The fourth-order valence-corrected chi connectivity index (χ4v) is 4.18. The van der Waals surface area contributed by atoms with E-state index in [4.69, 9.17) is 18.4 Å². The lowest BCUT2D eigenvalue weighted by molar-refractivity contribution is -0.112. The summed E-state index contributed by atoms with van der Waals surface area (Å²) in [6.45, 7) is 1.90. The molecule has 196 valence electrons. The topological polar surface area (TPSA) is 141 Å². The van der Waals surface area contributed by atoms with Gasteiger partial charge in [-0.2, -0.15) is 13.7 Å². The van der Waals surface area contributed by atoms with Gasteiger partial charge in [-0.05, 0) is 67.1 Å². The first-order valence-corrected chi connectivity index (χ1v) is 12.6. The summed E-state index contributed by atoms with van der Waals surface area (Å²) in [6, 6.07) is 18.0. The Morgan fingerprint density at radius 2 is 1.71 bits per heavy atom. The van der Waals surface area contributed by atoms with Gasteiger partial charge in [-0.1, -0.05) is 18.2 Å². The van der Waals surface area contributed by atoms with Gasteiger partial charge in [0.1, 0.15) is 22.3 Å². The summed E-state index contributed by atoms with van der Waals surface area (Å²) < 4.78 is 46.1. The summed E-state index contributed by atoms with van der Waals surface area (Å²) in [5.41, 5.74) is 0.397. The Kier molecular flexibility index (Phi) is 9.08. The third kappa shape index (κ3) is 6.68. The second-order valence-corrected chi connectivity index (χ2v) is 9.06. The van der Waals surface area contributed by atoms with Crippen LogP contribution < -0.4 is 19.0 Å². The lowest BCUT2D eigenvalue weighted by Gasteiger charge is -2.13. The normalized spacial score (nSPS) is 11.2. The molecule has 0 fully saturated rings. The molecule has 0 aromatic heterocycles. The fourth-order valence-electron chi connectivity index (χ4n) is 3.25. The van der Waals surface area contributed by atoms with E-state index in [1.807, 2.05) is 6.07 Å². The number of esters is 1. The van der Waals surface area contributed by atoms with Crippen LogP contribution >= 0.6 is 0 Å². The van der Waals surface area contributed by atoms with Gasteiger partial charge in [-0.3, -0.25) is 4.79 Å². The summed E-state index contributed by atoms with van der Waals surface area (Å²) in [5.74, 6) is -0.905. The first kappa shape index (κ1) is 27.8. The van der Waals surface area contributed by atoms with Crippen molar-refractivity contribution in [2.75, 3.05) is 26.1 Å². The van der Waals surface area contributed by atoms with Crippen molar-refractivity contribution in [2.24, 2.45) is 0 Å². The highest BCUT2D eigenvalue weighted by Gasteiger charge is 2.20. The van der Waals surface area contributed by atoms with Crippen LogP contribution in [0.5, 0.6) is 17.2 Å². The Morgan fingerprint density at radius 3 is 2.34 bits per heavy atom. The van der Waals surface area contributed by atoms with E-state index in [0.717, 1.165) is 0 Å². The summed E-state index contributed by atoms with van der Waals surface area (Å²) in [7, 11) is -1.51. The first-order chi connectivity index (χ1) is 18.2. The quantitative estimate of drug-likeness (QED) is 0.175. The average molecular weight is 537 g/mol. The standard InChI is InChI=1S/C27H24N2O8S/c1-4-36-25-16-18(9-14-24(25)37-38(32,33)21-12-10-20(34-2)11-13-21)15-19(17-28)26(30)29-23-8-6-5-7-22(23)27(31)35-3/h5-16H,4H2,1-3H3,(H,29,30)/b19-15+. The molecule has 11 heteroatoms. The summed E-state index contributed by atoms with van der Waals surface area (Å²) in [6.07, 6.45) is 1.29. The Hall–Kier alpha value is -4.82. The second kappa shape index (κ2) is 12.4. The van der Waals surface area contributed by atoms with Gasteiger partial charge in [-0.15, -0.1) is 0 Å². The highest BCUT2D eigenvalue weighted by Crippen LogP contribution is 2.32. The average Bonchev–Trinajstić information content (AvgIpc) is 2.92. The van der Waals surface area contributed by atoms with Crippen molar-refractivity contribution in [1.29, 1.82) is 5.26 Å². The third-order valence-electron chi connectivity index (χ3n) is 5.07. The molecule has 0 saturated heterocycles. The molecule has 3 rings (SSSR count). The van der Waals surface area contributed by atoms with E-state index in [-0.39, 0.29) is 39.8 Å². The molecule has 1 amide bonds. The molecule has 0 aliphatic rings. The van der Waals surface area contributed by atoms with Crippen LogP contribution in [0.1, 0.15) is 22.8 Å². The van der Waals surface area contributed by atoms with Gasteiger partial charge in [0.05, 0.1) is 32.1 Å². The van der Waals surface area contributed by atoms with Crippen LogP contribution in [0.2, 0.25) is 0 Å². The molecule has 0 radical (unpaired) electrons. The van der Waals surface area contributed by atoms with E-state index in [2.05, 4.69) is 5.32 Å². The van der Waals surface area contributed by atoms with Gasteiger partial charge in [-0.25, -0.2) is 4.79 Å². The number of anilines is 1. The summed E-state index contributed by atoms with van der Waals surface area (Å²) >= 11 is 0. The Morgan fingerprint density at radius 1 is 1.00 bits per heavy atom. The molecule has 10 nitrogen and oxygen atoms in total. The molecule has 38 heavy (non-hydrogen) atoms. The van der Waals surface area contributed by atoms with E-state index >= 15 is 0 Å². The number of hydrogen-bond acceptors (Lipinski definition) is 9. The SMILES string of the molecule is CCOc1cc(/C=C(\C#N)C(=O)Nc2ccccc2C(=O)OC)ccc1OS(=O)(=O)c1ccc(OC)cc1. The monoisotopic (exact) mass is 536 g/mol. The highest BCUT2D eigenvalue weighted by atomic mass is 32.2. The Bertz CT molecular complexity index is 1510. The zero-order valence-electron chi connectivity index (χ0n) is 20.8. The van der Waals surface area contributed by atoms with E-state index in [1.165, 1.54) is 74.9 Å². The molecule has 0 heterocycles. The van der Waals surface area contributed by atoms with Gasteiger partial charge in [0.15, 0.2) is 11.5 Å². The van der Waals surface area contributed by atoms with Crippen molar-refractivity contribution < 1.29 is 36.4 Å². The molecular formula is C27H24N2O8S. The zero-order valence-corrected chi connectivity index (χ0v) is 21.6. The number of benzene rings is 3. The number of amides is 1. The molecule has 3 aromatic rings. The van der Waals surface area contributed by atoms with Crippen LogP contribution in [0.4, 0.5) is 5.69 Å². The smallest absolute Gasteiger partial charge is 0.339 e. The van der Waals surface area contributed by atoms with E-state index < -0.39 is 22.0 Å². The molecular weight excluding hydrogens is 512 g/mol. The fraction of sp³-hybridized carbons (Fsp3) is 0.148. The number of ether oxygens (including phenoxy) is 3. The van der Waals surface area contributed by atoms with E-state index in [0.29, 0.717) is 11.3 Å². The molecule has 0 aliphatic heterocycles. The van der Waals surface area contributed by atoms with Crippen LogP contribution in [0.3, 0.4) is 0 Å². The van der Waals surface area contributed by atoms with Gasteiger partial charge in [0.25, 0.3) is 5.91 Å². The molecule has 0 saturated carbocycles. The third-order valence-corrected chi connectivity index (χ3v) is 6.32. The predicted octanol–water partition coefficient (Wildman–Crippen LogP) is 4.19. The molecule has 0 unspecified atom stereocenters. The van der Waals surface area contributed by atoms with E-state index in [9.17, 15) is 23.3 Å².